The summed E-state index contributed by atoms with van der Waals surface area (Å²) in [7, 11) is 1.36. The minimum absolute atomic E-state index is 0.214. The highest BCUT2D eigenvalue weighted by Crippen LogP contribution is 2.30. The molecule has 2 atom stereocenters. The van der Waals surface area contributed by atoms with E-state index in [0.717, 1.165) is 29.3 Å². The van der Waals surface area contributed by atoms with E-state index in [4.69, 9.17) is 4.74 Å². The summed E-state index contributed by atoms with van der Waals surface area (Å²) in [4.78, 5) is 30.6. The van der Waals surface area contributed by atoms with Gasteiger partial charge in [-0.2, -0.15) is 0 Å². The molecule has 3 aromatic rings. The first kappa shape index (κ1) is 21.0. The van der Waals surface area contributed by atoms with Crippen molar-refractivity contribution >= 4 is 22.9 Å². The van der Waals surface area contributed by atoms with E-state index in [-0.39, 0.29) is 11.9 Å². The Morgan fingerprint density at radius 1 is 1.06 bits per heavy atom. The Morgan fingerprint density at radius 2 is 1.74 bits per heavy atom. The number of H-pyrrole nitrogens is 1. The zero-order valence-corrected chi connectivity index (χ0v) is 18.0. The first-order valence-corrected chi connectivity index (χ1v) is 10.8. The minimum Gasteiger partial charge on any atom is -0.467 e. The number of fused-ring (bicyclic) bond motifs is 1. The highest BCUT2D eigenvalue weighted by Gasteiger charge is 2.33. The highest BCUT2D eigenvalue weighted by molar-refractivity contribution is 5.88. The van der Waals surface area contributed by atoms with Crippen LogP contribution < -0.4 is 5.32 Å². The van der Waals surface area contributed by atoms with Crippen molar-refractivity contribution < 1.29 is 14.3 Å². The molecular weight excluding hydrogens is 390 g/mol. The Labute approximate surface area is 182 Å². The maximum Gasteiger partial charge on any atom is 0.329 e. The number of rotatable bonds is 5. The molecule has 6 nitrogen and oxygen atoms in total. The number of amides is 2. The van der Waals surface area contributed by atoms with Gasteiger partial charge in [0.2, 0.25) is 0 Å². The van der Waals surface area contributed by atoms with E-state index < -0.39 is 12.0 Å². The lowest BCUT2D eigenvalue weighted by molar-refractivity contribution is -0.143. The zero-order valence-electron chi connectivity index (χ0n) is 18.0. The Hall–Kier alpha value is -3.28. The minimum atomic E-state index is -0.761. The molecule has 162 valence electrons. The fraction of sp³-hybridized carbons (Fsp3) is 0.360. The van der Waals surface area contributed by atoms with Gasteiger partial charge in [-0.1, -0.05) is 55.5 Å². The number of urea groups is 1. The molecule has 2 heterocycles. The summed E-state index contributed by atoms with van der Waals surface area (Å²) in [5, 5.41) is 3.99. The molecule has 1 aliphatic heterocycles. The lowest BCUT2D eigenvalue weighted by atomic mass is 9.89. The van der Waals surface area contributed by atoms with Crippen molar-refractivity contribution in [3.05, 3.63) is 71.9 Å². The van der Waals surface area contributed by atoms with Crippen LogP contribution in [0.1, 0.15) is 42.7 Å². The van der Waals surface area contributed by atoms with Crippen LogP contribution in [0, 0.1) is 0 Å². The van der Waals surface area contributed by atoms with E-state index >= 15 is 0 Å². The van der Waals surface area contributed by atoms with Gasteiger partial charge in [-0.15, -0.1) is 0 Å². The molecule has 0 saturated carbocycles. The highest BCUT2D eigenvalue weighted by atomic mass is 16.5. The third-order valence-corrected chi connectivity index (χ3v) is 6.40. The number of methoxy groups -OCH3 is 1. The number of aromatic amines is 1. The first-order valence-electron chi connectivity index (χ1n) is 10.8. The van der Waals surface area contributed by atoms with E-state index in [0.29, 0.717) is 19.0 Å². The molecule has 6 heteroatoms. The van der Waals surface area contributed by atoms with Crippen molar-refractivity contribution in [3.8, 4) is 0 Å². The average molecular weight is 420 g/mol. The molecule has 2 amide bonds. The maximum atomic E-state index is 13.0. The molecular formula is C25H29N3O3. The summed E-state index contributed by atoms with van der Waals surface area (Å²) in [6.07, 6.45) is 3.74. The van der Waals surface area contributed by atoms with Crippen LogP contribution in [0.5, 0.6) is 0 Å². The average Bonchev–Trinajstić information content (AvgIpc) is 3.26. The Kier molecular flexibility index (Phi) is 6.26. The number of benzene rings is 2. The molecule has 0 unspecified atom stereocenters. The molecule has 0 aliphatic carbocycles. The molecule has 1 aliphatic rings. The molecule has 0 spiro atoms. The van der Waals surface area contributed by atoms with Crippen LogP contribution in [0.25, 0.3) is 10.9 Å². The zero-order chi connectivity index (χ0) is 21.8. The molecule has 4 rings (SSSR count). The first-order chi connectivity index (χ1) is 15.1. The molecule has 2 aromatic carbocycles. The number of para-hydroxylation sites is 1. The van der Waals surface area contributed by atoms with Gasteiger partial charge >= 0.3 is 12.0 Å². The van der Waals surface area contributed by atoms with Crippen molar-refractivity contribution in [3.63, 3.8) is 0 Å². The molecule has 1 fully saturated rings. The van der Waals surface area contributed by atoms with Crippen LogP contribution in [0.4, 0.5) is 4.79 Å². The van der Waals surface area contributed by atoms with Crippen LogP contribution in [-0.4, -0.2) is 48.1 Å². The van der Waals surface area contributed by atoms with Gasteiger partial charge in [0.25, 0.3) is 0 Å². The van der Waals surface area contributed by atoms with Gasteiger partial charge in [0, 0.05) is 36.1 Å². The number of hydrogen-bond donors (Lipinski definition) is 2. The number of esters is 1. The van der Waals surface area contributed by atoms with Crippen molar-refractivity contribution in [1.82, 2.24) is 15.2 Å². The van der Waals surface area contributed by atoms with Gasteiger partial charge in [-0.05, 0) is 36.0 Å². The quantitative estimate of drug-likeness (QED) is 0.602. The number of hydrogen-bond acceptors (Lipinski definition) is 3. The Bertz CT molecular complexity index is 1040. The van der Waals surface area contributed by atoms with Crippen LogP contribution in [0.15, 0.2) is 60.8 Å². The van der Waals surface area contributed by atoms with Crippen LogP contribution >= 0.6 is 0 Å². The standard InChI is InChI=1S/C25H29N3O3/c1-17(21-16-26-22-11-7-6-10-20(21)22)23(24(29)31-2)27-25(30)28-14-12-19(13-15-28)18-8-4-3-5-9-18/h3-11,16-17,19,23,26H,12-15H2,1-2H3,(H,27,30)/t17-,23+/m1/s1. The predicted molar refractivity (Wildman–Crippen MR) is 121 cm³/mol. The van der Waals surface area contributed by atoms with Crippen molar-refractivity contribution in [1.29, 1.82) is 0 Å². The largest absolute Gasteiger partial charge is 0.467 e. The third kappa shape index (κ3) is 4.43. The summed E-state index contributed by atoms with van der Waals surface area (Å²) in [5.74, 6) is -0.216. The molecule has 0 radical (unpaired) electrons. The van der Waals surface area contributed by atoms with Crippen molar-refractivity contribution in [2.45, 2.75) is 37.6 Å². The van der Waals surface area contributed by atoms with E-state index in [9.17, 15) is 9.59 Å². The second kappa shape index (κ2) is 9.25. The number of carbonyl (C=O) groups is 2. The third-order valence-electron chi connectivity index (χ3n) is 6.40. The summed E-state index contributed by atoms with van der Waals surface area (Å²) in [6, 6.07) is 17.4. The summed E-state index contributed by atoms with van der Waals surface area (Å²) >= 11 is 0. The number of nitrogens with zero attached hydrogens (tertiary/aromatic N) is 1. The summed E-state index contributed by atoms with van der Waals surface area (Å²) < 4.78 is 5.02. The number of likely N-dealkylation sites (tertiary alicyclic amines) is 1. The normalized spacial score (nSPS) is 16.6. The van der Waals surface area contributed by atoms with Gasteiger partial charge in [0.1, 0.15) is 6.04 Å². The topological polar surface area (TPSA) is 74.4 Å². The summed E-state index contributed by atoms with van der Waals surface area (Å²) in [5.41, 5.74) is 3.30. The van der Waals surface area contributed by atoms with E-state index in [1.165, 1.54) is 12.7 Å². The van der Waals surface area contributed by atoms with Crippen LogP contribution in [-0.2, 0) is 9.53 Å². The van der Waals surface area contributed by atoms with Gasteiger partial charge in [0.15, 0.2) is 0 Å². The van der Waals surface area contributed by atoms with Gasteiger partial charge in [-0.3, -0.25) is 0 Å². The Balaban J connectivity index is 1.44. The number of ether oxygens (including phenoxy) is 1. The van der Waals surface area contributed by atoms with E-state index in [2.05, 4.69) is 34.6 Å². The predicted octanol–water partition coefficient (Wildman–Crippen LogP) is 4.40. The fourth-order valence-electron chi connectivity index (χ4n) is 4.53. The van der Waals surface area contributed by atoms with Crippen LogP contribution in [0.3, 0.4) is 0 Å². The molecule has 0 bridgehead atoms. The van der Waals surface area contributed by atoms with Crippen LogP contribution in [0.2, 0.25) is 0 Å². The van der Waals surface area contributed by atoms with E-state index in [1.807, 2.05) is 43.5 Å². The number of aromatic nitrogens is 1. The number of nitrogens with one attached hydrogen (secondary N) is 2. The smallest absolute Gasteiger partial charge is 0.329 e. The van der Waals surface area contributed by atoms with Gasteiger partial charge in [0.05, 0.1) is 7.11 Å². The lowest BCUT2D eigenvalue weighted by Crippen LogP contribution is -2.52. The van der Waals surface area contributed by atoms with Gasteiger partial charge < -0.3 is 19.9 Å². The lowest BCUT2D eigenvalue weighted by Gasteiger charge is -2.34. The molecule has 31 heavy (non-hydrogen) atoms. The maximum absolute atomic E-state index is 13.0. The monoisotopic (exact) mass is 419 g/mol. The molecule has 1 saturated heterocycles. The number of piperidine rings is 1. The van der Waals surface area contributed by atoms with Crippen molar-refractivity contribution in [2.75, 3.05) is 20.2 Å². The molecule has 2 N–H and O–H groups in total. The molecule has 1 aromatic heterocycles. The summed E-state index contributed by atoms with van der Waals surface area (Å²) in [6.45, 7) is 3.28. The fourth-order valence-corrected chi connectivity index (χ4v) is 4.53. The van der Waals surface area contributed by atoms with E-state index in [1.54, 1.807) is 4.90 Å². The SMILES string of the molecule is COC(=O)[C@@H](NC(=O)N1CCC(c2ccccc2)CC1)[C@H](C)c1c[nH]c2ccccc12. The van der Waals surface area contributed by atoms with Gasteiger partial charge in [-0.25, -0.2) is 9.59 Å². The second-order valence-corrected chi connectivity index (χ2v) is 8.20. The second-order valence-electron chi connectivity index (χ2n) is 8.20. The number of carbonyl (C=O) groups excluding carboxylic acids is 2. The Morgan fingerprint density at radius 3 is 2.45 bits per heavy atom. The van der Waals surface area contributed by atoms with Crippen molar-refractivity contribution in [2.24, 2.45) is 0 Å².